The monoisotopic (exact) mass is 206 g/mol. The Hall–Kier alpha value is -0.160. The molecule has 2 N–H and O–H groups in total. The third kappa shape index (κ3) is 9.92. The molecule has 0 amide bonds. The SMILES string of the molecule is CN(C)C(C)(C)CO.CN(C)CCO. The highest BCUT2D eigenvalue weighted by Gasteiger charge is 2.17. The van der Waals surface area contributed by atoms with Crippen LogP contribution in [0.15, 0.2) is 0 Å². The second-order valence-electron chi connectivity index (χ2n) is 4.39. The highest BCUT2D eigenvalue weighted by molar-refractivity contribution is 4.74. The Kier molecular flexibility index (Phi) is 9.50. The van der Waals surface area contributed by atoms with E-state index in [4.69, 9.17) is 10.2 Å². The fraction of sp³-hybridized carbons (Fsp3) is 1.00. The summed E-state index contributed by atoms with van der Waals surface area (Å²) in [6.45, 7) is 5.22. The molecule has 0 unspecified atom stereocenters. The van der Waals surface area contributed by atoms with Crippen LogP contribution in [-0.2, 0) is 0 Å². The first kappa shape index (κ1) is 16.3. The van der Waals surface area contributed by atoms with Crippen LogP contribution in [0.5, 0.6) is 0 Å². The molecule has 4 heteroatoms. The molecule has 4 nitrogen and oxygen atoms in total. The van der Waals surface area contributed by atoms with Crippen molar-refractivity contribution in [2.75, 3.05) is 47.9 Å². The van der Waals surface area contributed by atoms with Crippen molar-refractivity contribution in [3.8, 4) is 0 Å². The van der Waals surface area contributed by atoms with E-state index in [9.17, 15) is 0 Å². The Labute approximate surface area is 88.1 Å². The largest absolute Gasteiger partial charge is 0.395 e. The number of likely N-dealkylation sites (N-methyl/N-ethyl adjacent to an activating group) is 2. The second-order valence-corrected chi connectivity index (χ2v) is 4.39. The number of aliphatic hydroxyl groups is 2. The maximum Gasteiger partial charge on any atom is 0.0609 e. The summed E-state index contributed by atoms with van der Waals surface area (Å²) >= 11 is 0. The lowest BCUT2D eigenvalue weighted by atomic mass is 10.1. The van der Waals surface area contributed by atoms with E-state index in [-0.39, 0.29) is 18.8 Å². The minimum Gasteiger partial charge on any atom is -0.395 e. The topological polar surface area (TPSA) is 46.9 Å². The molecular weight excluding hydrogens is 180 g/mol. The molecule has 0 rings (SSSR count). The third-order valence-electron chi connectivity index (χ3n) is 2.14. The first-order valence-electron chi connectivity index (χ1n) is 4.81. The maximum absolute atomic E-state index is 8.72. The van der Waals surface area contributed by atoms with Crippen molar-refractivity contribution in [2.45, 2.75) is 19.4 Å². The van der Waals surface area contributed by atoms with Gasteiger partial charge in [-0.1, -0.05) is 0 Å². The lowest BCUT2D eigenvalue weighted by molar-refractivity contribution is 0.100. The minimum atomic E-state index is -0.0694. The van der Waals surface area contributed by atoms with Crippen molar-refractivity contribution in [3.05, 3.63) is 0 Å². The van der Waals surface area contributed by atoms with E-state index in [0.29, 0.717) is 0 Å². The van der Waals surface area contributed by atoms with Gasteiger partial charge in [0.15, 0.2) is 0 Å². The van der Waals surface area contributed by atoms with Gasteiger partial charge in [0.25, 0.3) is 0 Å². The molecule has 0 saturated carbocycles. The maximum atomic E-state index is 8.72. The Morgan fingerprint density at radius 2 is 1.43 bits per heavy atom. The third-order valence-corrected chi connectivity index (χ3v) is 2.14. The second kappa shape index (κ2) is 8.17. The van der Waals surface area contributed by atoms with E-state index in [1.165, 1.54) is 0 Å². The van der Waals surface area contributed by atoms with Crippen LogP contribution in [0.1, 0.15) is 13.8 Å². The van der Waals surface area contributed by atoms with Crippen LogP contribution in [0.2, 0.25) is 0 Å². The summed E-state index contributed by atoms with van der Waals surface area (Å²) < 4.78 is 0. The molecule has 0 heterocycles. The van der Waals surface area contributed by atoms with E-state index in [1.54, 1.807) is 0 Å². The molecule has 0 spiro atoms. The molecule has 0 radical (unpaired) electrons. The lowest BCUT2D eigenvalue weighted by Gasteiger charge is -2.29. The lowest BCUT2D eigenvalue weighted by Crippen LogP contribution is -2.41. The van der Waals surface area contributed by atoms with Crippen molar-refractivity contribution < 1.29 is 10.2 Å². The Morgan fingerprint density at radius 1 is 1.00 bits per heavy atom. The van der Waals surface area contributed by atoms with Crippen molar-refractivity contribution in [1.82, 2.24) is 9.80 Å². The van der Waals surface area contributed by atoms with Gasteiger partial charge in [-0.3, -0.25) is 0 Å². The summed E-state index contributed by atoms with van der Waals surface area (Å²) in [5.41, 5.74) is -0.0694. The molecule has 0 aromatic heterocycles. The summed E-state index contributed by atoms with van der Waals surface area (Å²) in [5, 5.41) is 16.9. The van der Waals surface area contributed by atoms with Gasteiger partial charge < -0.3 is 20.0 Å². The summed E-state index contributed by atoms with van der Waals surface area (Å²) in [7, 11) is 7.76. The zero-order chi connectivity index (χ0) is 11.8. The average molecular weight is 206 g/mol. The Balaban J connectivity index is 0. The molecule has 0 aromatic rings. The molecule has 14 heavy (non-hydrogen) atoms. The summed E-state index contributed by atoms with van der Waals surface area (Å²) in [6.07, 6.45) is 0. The summed E-state index contributed by atoms with van der Waals surface area (Å²) in [5.74, 6) is 0. The van der Waals surface area contributed by atoms with Crippen LogP contribution in [0.25, 0.3) is 0 Å². The van der Waals surface area contributed by atoms with Gasteiger partial charge in [0.05, 0.1) is 13.2 Å². The van der Waals surface area contributed by atoms with Crippen molar-refractivity contribution in [1.29, 1.82) is 0 Å². The number of aliphatic hydroxyl groups excluding tert-OH is 2. The normalized spacial score (nSPS) is 11.6. The molecular formula is C10H26N2O2. The van der Waals surface area contributed by atoms with Gasteiger partial charge in [0.1, 0.15) is 0 Å². The standard InChI is InChI=1S/C6H15NO.C4H11NO/c1-6(2,5-8)7(3)4;1-5(2)3-4-6/h8H,5H2,1-4H3;6H,3-4H2,1-2H3. The van der Waals surface area contributed by atoms with Crippen LogP contribution in [0, 0.1) is 0 Å². The van der Waals surface area contributed by atoms with Crippen molar-refractivity contribution >= 4 is 0 Å². The first-order valence-corrected chi connectivity index (χ1v) is 4.81. The number of hydrogen-bond acceptors (Lipinski definition) is 4. The molecule has 0 aliphatic carbocycles. The zero-order valence-electron chi connectivity index (χ0n) is 10.4. The van der Waals surface area contributed by atoms with Crippen LogP contribution < -0.4 is 0 Å². The number of hydrogen-bond donors (Lipinski definition) is 2. The van der Waals surface area contributed by atoms with Gasteiger partial charge >= 0.3 is 0 Å². The van der Waals surface area contributed by atoms with E-state index in [1.807, 2.05) is 51.8 Å². The molecule has 0 fully saturated rings. The van der Waals surface area contributed by atoms with Crippen LogP contribution >= 0.6 is 0 Å². The van der Waals surface area contributed by atoms with Crippen LogP contribution in [-0.4, -0.2) is 73.5 Å². The molecule has 0 saturated heterocycles. The van der Waals surface area contributed by atoms with Gasteiger partial charge in [0.2, 0.25) is 0 Å². The van der Waals surface area contributed by atoms with Gasteiger partial charge in [-0.05, 0) is 42.0 Å². The highest BCUT2D eigenvalue weighted by atomic mass is 16.3. The quantitative estimate of drug-likeness (QED) is 0.672. The van der Waals surface area contributed by atoms with E-state index in [2.05, 4.69) is 0 Å². The fourth-order valence-electron chi connectivity index (χ4n) is 0.341. The van der Waals surface area contributed by atoms with Crippen LogP contribution in [0.4, 0.5) is 0 Å². The molecule has 0 aromatic carbocycles. The number of nitrogens with zero attached hydrogens (tertiary/aromatic N) is 2. The smallest absolute Gasteiger partial charge is 0.0609 e. The highest BCUT2D eigenvalue weighted by Crippen LogP contribution is 2.06. The fourth-order valence-corrected chi connectivity index (χ4v) is 0.341. The van der Waals surface area contributed by atoms with Gasteiger partial charge in [-0.15, -0.1) is 0 Å². The van der Waals surface area contributed by atoms with Gasteiger partial charge in [-0.2, -0.15) is 0 Å². The summed E-state index contributed by atoms with van der Waals surface area (Å²) in [4.78, 5) is 3.92. The van der Waals surface area contributed by atoms with E-state index >= 15 is 0 Å². The van der Waals surface area contributed by atoms with Gasteiger partial charge in [0, 0.05) is 12.1 Å². The number of rotatable bonds is 4. The molecule has 0 atom stereocenters. The average Bonchev–Trinajstić information content (AvgIpc) is 2.05. The Morgan fingerprint density at radius 3 is 1.43 bits per heavy atom. The van der Waals surface area contributed by atoms with Crippen molar-refractivity contribution in [2.24, 2.45) is 0 Å². The Bertz CT molecular complexity index is 125. The predicted molar refractivity (Wildman–Crippen MR) is 60.5 cm³/mol. The first-order chi connectivity index (χ1) is 6.27. The zero-order valence-corrected chi connectivity index (χ0v) is 10.4. The van der Waals surface area contributed by atoms with Gasteiger partial charge in [-0.25, -0.2) is 0 Å². The van der Waals surface area contributed by atoms with Crippen molar-refractivity contribution in [3.63, 3.8) is 0 Å². The van der Waals surface area contributed by atoms with E-state index in [0.717, 1.165) is 6.54 Å². The van der Waals surface area contributed by atoms with E-state index < -0.39 is 0 Å². The van der Waals surface area contributed by atoms with Crippen LogP contribution in [0.3, 0.4) is 0 Å². The summed E-state index contributed by atoms with van der Waals surface area (Å²) in [6, 6.07) is 0. The predicted octanol–water partition coefficient (Wildman–Crippen LogP) is -0.141. The molecule has 0 aliphatic rings. The molecule has 0 bridgehead atoms. The molecule has 88 valence electrons. The minimum absolute atomic E-state index is 0.0694. The molecule has 0 aliphatic heterocycles.